The highest BCUT2D eigenvalue weighted by molar-refractivity contribution is 8.76. The second-order valence-corrected chi connectivity index (χ2v) is 12.4. The fourth-order valence-electron chi connectivity index (χ4n) is 3.32. The zero-order chi connectivity index (χ0) is 30.0. The molecule has 1 aliphatic carbocycles. The highest BCUT2D eigenvalue weighted by atomic mass is 33.1. The van der Waals surface area contributed by atoms with Crippen LogP contribution in [-0.4, -0.2) is 69.6 Å². The standard InChI is InChI=1S/C26H32N4O9S2/c1-26(2,3)39-25(34)29-20(15-40-41-23-21(30(35)36)5-4-10-27-23)24(33)38-13-16-6-8-18(9-7-16)37-14-22(32)28-19-11-17(19)12-31/h4-10,17,19-20,31H,11-15H2,1-3H3,(H,28,32)(H,29,34). The lowest BCUT2D eigenvalue weighted by molar-refractivity contribution is -0.388. The second-order valence-electron chi connectivity index (χ2n) is 10.0. The van der Waals surface area contributed by atoms with Crippen molar-refractivity contribution in [2.75, 3.05) is 19.0 Å². The van der Waals surface area contributed by atoms with Crippen LogP contribution in [0.2, 0.25) is 0 Å². The topological polar surface area (TPSA) is 179 Å². The maximum absolute atomic E-state index is 12.9. The number of esters is 1. The van der Waals surface area contributed by atoms with Crippen molar-refractivity contribution < 1.29 is 38.6 Å². The minimum absolute atomic E-state index is 0.00712. The van der Waals surface area contributed by atoms with E-state index >= 15 is 0 Å². The molecule has 13 nitrogen and oxygen atoms in total. The van der Waals surface area contributed by atoms with Crippen molar-refractivity contribution in [2.24, 2.45) is 5.92 Å². The number of nitrogens with zero attached hydrogens (tertiary/aromatic N) is 2. The third kappa shape index (κ3) is 11.1. The number of ether oxygens (including phenoxy) is 3. The van der Waals surface area contributed by atoms with Gasteiger partial charge >= 0.3 is 17.7 Å². The number of aliphatic hydroxyl groups excluding tert-OH is 1. The van der Waals surface area contributed by atoms with Crippen LogP contribution in [-0.2, 0) is 25.7 Å². The molecule has 0 saturated heterocycles. The van der Waals surface area contributed by atoms with Crippen molar-refractivity contribution in [1.82, 2.24) is 15.6 Å². The lowest BCUT2D eigenvalue weighted by Gasteiger charge is -2.22. The molecule has 0 spiro atoms. The van der Waals surface area contributed by atoms with Crippen LogP contribution in [0.5, 0.6) is 5.75 Å². The minimum atomic E-state index is -1.11. The molecule has 222 valence electrons. The maximum Gasteiger partial charge on any atom is 0.408 e. The molecule has 2 amide bonds. The molecule has 0 radical (unpaired) electrons. The predicted molar refractivity (Wildman–Crippen MR) is 151 cm³/mol. The van der Waals surface area contributed by atoms with E-state index in [1.54, 1.807) is 45.0 Å². The summed E-state index contributed by atoms with van der Waals surface area (Å²) in [6.45, 7) is 4.83. The van der Waals surface area contributed by atoms with E-state index in [2.05, 4.69) is 15.6 Å². The number of nitro groups is 1. The van der Waals surface area contributed by atoms with Gasteiger partial charge in [0.15, 0.2) is 11.6 Å². The van der Waals surface area contributed by atoms with Gasteiger partial charge < -0.3 is 30.0 Å². The van der Waals surface area contributed by atoms with E-state index in [0.29, 0.717) is 11.3 Å². The lowest BCUT2D eigenvalue weighted by Crippen LogP contribution is -2.45. The Bertz CT molecular complexity index is 1220. The third-order valence-electron chi connectivity index (χ3n) is 5.47. The van der Waals surface area contributed by atoms with Crippen LogP contribution >= 0.6 is 21.6 Å². The Balaban J connectivity index is 1.52. The van der Waals surface area contributed by atoms with Crippen LogP contribution in [0.1, 0.15) is 32.8 Å². The fraction of sp³-hybridized carbons (Fsp3) is 0.462. The second kappa shape index (κ2) is 14.9. The molecule has 3 atom stereocenters. The highest BCUT2D eigenvalue weighted by Crippen LogP contribution is 2.35. The molecule has 41 heavy (non-hydrogen) atoms. The molecule has 2 aromatic rings. The minimum Gasteiger partial charge on any atom is -0.484 e. The van der Waals surface area contributed by atoms with Gasteiger partial charge in [0, 0.05) is 36.6 Å². The predicted octanol–water partition coefficient (Wildman–Crippen LogP) is 3.24. The molecule has 1 saturated carbocycles. The lowest BCUT2D eigenvalue weighted by atomic mass is 10.2. The summed E-state index contributed by atoms with van der Waals surface area (Å²) in [4.78, 5) is 51.9. The molecular formula is C26H32N4O9S2. The summed E-state index contributed by atoms with van der Waals surface area (Å²) in [5.41, 5.74) is -0.323. The molecule has 3 N–H and O–H groups in total. The number of aromatic nitrogens is 1. The van der Waals surface area contributed by atoms with E-state index < -0.39 is 28.6 Å². The van der Waals surface area contributed by atoms with Crippen molar-refractivity contribution in [3.8, 4) is 5.75 Å². The number of aliphatic hydroxyl groups is 1. The number of rotatable bonds is 14. The Labute approximate surface area is 244 Å². The number of nitrogens with one attached hydrogen (secondary N) is 2. The molecule has 15 heteroatoms. The number of carbonyl (C=O) groups is 3. The van der Waals surface area contributed by atoms with E-state index in [4.69, 9.17) is 19.3 Å². The Morgan fingerprint density at radius 1 is 1.22 bits per heavy atom. The highest BCUT2D eigenvalue weighted by Gasteiger charge is 2.37. The molecule has 0 aliphatic heterocycles. The van der Waals surface area contributed by atoms with Gasteiger partial charge in [-0.1, -0.05) is 22.9 Å². The number of pyridine rings is 1. The van der Waals surface area contributed by atoms with Gasteiger partial charge in [-0.15, -0.1) is 0 Å². The first-order valence-corrected chi connectivity index (χ1v) is 14.9. The first-order valence-electron chi connectivity index (χ1n) is 12.6. The van der Waals surface area contributed by atoms with Gasteiger partial charge in [-0.05, 0) is 61.7 Å². The van der Waals surface area contributed by atoms with Gasteiger partial charge in [-0.25, -0.2) is 14.6 Å². The maximum atomic E-state index is 12.9. The summed E-state index contributed by atoms with van der Waals surface area (Å²) < 4.78 is 16.1. The number of benzene rings is 1. The Kier molecular flexibility index (Phi) is 11.6. The average molecular weight is 609 g/mol. The van der Waals surface area contributed by atoms with Crippen molar-refractivity contribution >= 4 is 45.2 Å². The third-order valence-corrected chi connectivity index (χ3v) is 7.77. The van der Waals surface area contributed by atoms with Crippen LogP contribution in [0.15, 0.2) is 47.6 Å². The first-order chi connectivity index (χ1) is 19.4. The van der Waals surface area contributed by atoms with E-state index in [1.165, 1.54) is 18.3 Å². The molecule has 1 heterocycles. The zero-order valence-corrected chi connectivity index (χ0v) is 24.4. The van der Waals surface area contributed by atoms with E-state index in [1.807, 2.05) is 0 Å². The Hall–Kier alpha value is -3.56. The number of hydrogen-bond donors (Lipinski definition) is 3. The smallest absolute Gasteiger partial charge is 0.408 e. The summed E-state index contributed by atoms with van der Waals surface area (Å²) in [6, 6.07) is 8.27. The SMILES string of the molecule is CC(C)(C)OC(=O)NC(CSSc1ncccc1[N+](=O)[O-])C(=O)OCc1ccc(OCC(=O)NC2CC2CO)cc1. The van der Waals surface area contributed by atoms with Gasteiger partial charge in [0.05, 0.1) is 4.92 Å². The van der Waals surface area contributed by atoms with E-state index in [0.717, 1.165) is 28.0 Å². The summed E-state index contributed by atoms with van der Waals surface area (Å²) >= 11 is 0. The number of alkyl carbamates (subject to hydrolysis) is 1. The first kappa shape index (κ1) is 32.0. The number of carbonyl (C=O) groups excluding carboxylic acids is 3. The van der Waals surface area contributed by atoms with Gasteiger partial charge in [0.1, 0.15) is 24.0 Å². The normalized spacial score (nSPS) is 16.7. The van der Waals surface area contributed by atoms with Crippen molar-refractivity contribution in [2.45, 2.75) is 56.5 Å². The molecule has 3 rings (SSSR count). The van der Waals surface area contributed by atoms with E-state index in [9.17, 15) is 24.5 Å². The summed E-state index contributed by atoms with van der Waals surface area (Å²) in [5, 5.41) is 25.7. The molecule has 3 unspecified atom stereocenters. The quantitative estimate of drug-likeness (QED) is 0.124. The molecule has 1 aliphatic rings. The van der Waals surface area contributed by atoms with Crippen LogP contribution in [0, 0.1) is 16.0 Å². The number of amides is 2. The van der Waals surface area contributed by atoms with Crippen LogP contribution in [0.4, 0.5) is 10.5 Å². The molecule has 1 aromatic heterocycles. The molecule has 1 aromatic carbocycles. The fourth-order valence-corrected chi connectivity index (χ4v) is 5.52. The van der Waals surface area contributed by atoms with Gasteiger partial charge in [-0.2, -0.15) is 0 Å². The van der Waals surface area contributed by atoms with Gasteiger partial charge in [0.25, 0.3) is 5.91 Å². The zero-order valence-electron chi connectivity index (χ0n) is 22.7. The summed E-state index contributed by atoms with van der Waals surface area (Å²) in [7, 11) is 2.09. The van der Waals surface area contributed by atoms with Crippen LogP contribution in [0.25, 0.3) is 0 Å². The Morgan fingerprint density at radius 3 is 2.59 bits per heavy atom. The summed E-state index contributed by atoms with van der Waals surface area (Å²) in [5.74, 6) is -0.421. The Morgan fingerprint density at radius 2 is 1.95 bits per heavy atom. The van der Waals surface area contributed by atoms with Crippen LogP contribution in [0.3, 0.4) is 0 Å². The van der Waals surface area contributed by atoms with E-state index in [-0.39, 0.29) is 54.2 Å². The largest absolute Gasteiger partial charge is 0.484 e. The van der Waals surface area contributed by atoms with Gasteiger partial charge in [-0.3, -0.25) is 14.9 Å². The van der Waals surface area contributed by atoms with Gasteiger partial charge in [0.2, 0.25) is 0 Å². The van der Waals surface area contributed by atoms with Crippen molar-refractivity contribution in [1.29, 1.82) is 0 Å². The molecule has 1 fully saturated rings. The number of hydrogen-bond acceptors (Lipinski definition) is 12. The average Bonchev–Trinajstić information content (AvgIpc) is 3.67. The van der Waals surface area contributed by atoms with Crippen molar-refractivity contribution in [3.05, 3.63) is 58.3 Å². The molecule has 0 bridgehead atoms. The van der Waals surface area contributed by atoms with Crippen LogP contribution < -0.4 is 15.4 Å². The molecular weight excluding hydrogens is 576 g/mol. The summed E-state index contributed by atoms with van der Waals surface area (Å²) in [6.07, 6.45) is 1.37. The van der Waals surface area contributed by atoms with Crippen molar-refractivity contribution in [3.63, 3.8) is 0 Å². The monoisotopic (exact) mass is 608 g/mol.